The van der Waals surface area contributed by atoms with Gasteiger partial charge in [0.25, 0.3) is 0 Å². The van der Waals surface area contributed by atoms with Gasteiger partial charge in [-0.05, 0) is 60.9 Å². The molecule has 0 bridgehead atoms. The maximum absolute atomic E-state index is 5.59. The van der Waals surface area contributed by atoms with Crippen molar-refractivity contribution < 1.29 is 0 Å². The van der Waals surface area contributed by atoms with Crippen LogP contribution in [-0.4, -0.2) is 11.2 Å². The zero-order valence-electron chi connectivity index (χ0n) is 15.7. The molecular formula is C20H34N2S. The molecule has 0 saturated heterocycles. The second-order valence-corrected chi connectivity index (χ2v) is 6.95. The molecule has 2 N–H and O–H groups in total. The molecule has 2 nitrogen and oxygen atoms in total. The predicted octanol–water partition coefficient (Wildman–Crippen LogP) is 6.19. The van der Waals surface area contributed by atoms with Crippen LogP contribution < -0.4 is 10.6 Å². The number of hydrogen-bond acceptors (Lipinski definition) is 1. The molecule has 0 spiro atoms. The molecule has 2 unspecified atom stereocenters. The Kier molecular flexibility index (Phi) is 8.60. The van der Waals surface area contributed by atoms with Crippen LogP contribution in [-0.2, 0) is 0 Å². The number of hydrogen-bond donors (Lipinski definition) is 2. The first-order valence-corrected chi connectivity index (χ1v) is 9.59. The van der Waals surface area contributed by atoms with Gasteiger partial charge in [-0.1, -0.05) is 59.7 Å². The smallest absolute Gasteiger partial charge is 0.171 e. The van der Waals surface area contributed by atoms with Gasteiger partial charge in [0, 0.05) is 11.7 Å². The topological polar surface area (TPSA) is 24.1 Å². The van der Waals surface area contributed by atoms with Gasteiger partial charge in [0.1, 0.15) is 0 Å². The van der Waals surface area contributed by atoms with Gasteiger partial charge in [0.2, 0.25) is 0 Å². The van der Waals surface area contributed by atoms with E-state index in [2.05, 4.69) is 70.4 Å². The van der Waals surface area contributed by atoms with Gasteiger partial charge in [0.15, 0.2) is 5.11 Å². The lowest BCUT2D eigenvalue weighted by molar-refractivity contribution is 0.573. The van der Waals surface area contributed by atoms with Gasteiger partial charge in [-0.25, -0.2) is 0 Å². The Bertz CT molecular complexity index is 466. The summed E-state index contributed by atoms with van der Waals surface area (Å²) in [5.41, 5.74) is 3.97. The Labute approximate surface area is 148 Å². The normalized spacial score (nSPS) is 13.7. The lowest BCUT2D eigenvalue weighted by atomic mass is 9.89. The summed E-state index contributed by atoms with van der Waals surface area (Å²) in [6, 6.07) is 7.10. The molecule has 1 aromatic carbocycles. The van der Waals surface area contributed by atoms with E-state index in [1.807, 2.05) is 0 Å². The Morgan fingerprint density at radius 3 is 1.78 bits per heavy atom. The first-order valence-electron chi connectivity index (χ1n) is 9.18. The van der Waals surface area contributed by atoms with E-state index < -0.39 is 0 Å². The molecule has 0 aromatic heterocycles. The van der Waals surface area contributed by atoms with Crippen molar-refractivity contribution >= 4 is 23.0 Å². The maximum Gasteiger partial charge on any atom is 0.171 e. The zero-order chi connectivity index (χ0) is 17.4. The minimum atomic E-state index is 0.442. The second-order valence-electron chi connectivity index (χ2n) is 6.54. The number of thiocarbonyl (C=S) groups is 1. The van der Waals surface area contributed by atoms with Crippen LogP contribution in [0.2, 0.25) is 0 Å². The van der Waals surface area contributed by atoms with Crippen molar-refractivity contribution in [1.82, 2.24) is 5.32 Å². The monoisotopic (exact) mass is 334 g/mol. The molecule has 0 aliphatic carbocycles. The molecule has 130 valence electrons. The van der Waals surface area contributed by atoms with Crippen molar-refractivity contribution in [2.45, 2.75) is 85.1 Å². The number of para-hydroxylation sites is 1. The molecule has 1 rings (SSSR count). The Balaban J connectivity index is 3.12. The molecule has 0 aliphatic heterocycles. The molecule has 0 amide bonds. The van der Waals surface area contributed by atoms with Crippen LogP contribution in [0.3, 0.4) is 0 Å². The van der Waals surface area contributed by atoms with Crippen LogP contribution in [0.4, 0.5) is 5.69 Å². The highest BCUT2D eigenvalue weighted by atomic mass is 32.1. The lowest BCUT2D eigenvalue weighted by Crippen LogP contribution is -2.37. The molecule has 3 heteroatoms. The van der Waals surface area contributed by atoms with Crippen molar-refractivity contribution in [3.8, 4) is 0 Å². The molecule has 2 atom stereocenters. The van der Waals surface area contributed by atoms with E-state index in [1.165, 1.54) is 16.8 Å². The first-order chi connectivity index (χ1) is 11.0. The van der Waals surface area contributed by atoms with E-state index in [9.17, 15) is 0 Å². The van der Waals surface area contributed by atoms with E-state index in [4.69, 9.17) is 12.2 Å². The zero-order valence-corrected chi connectivity index (χ0v) is 16.5. The van der Waals surface area contributed by atoms with Gasteiger partial charge in [-0.2, -0.15) is 0 Å². The van der Waals surface area contributed by atoms with E-state index in [0.717, 1.165) is 30.8 Å². The van der Waals surface area contributed by atoms with Crippen LogP contribution in [0, 0.1) is 0 Å². The number of rotatable bonds is 8. The highest BCUT2D eigenvalue weighted by molar-refractivity contribution is 7.80. The van der Waals surface area contributed by atoms with Gasteiger partial charge < -0.3 is 10.6 Å². The van der Waals surface area contributed by atoms with Crippen molar-refractivity contribution in [1.29, 1.82) is 0 Å². The Morgan fingerprint density at radius 2 is 1.39 bits per heavy atom. The average molecular weight is 335 g/mol. The van der Waals surface area contributed by atoms with E-state index in [0.29, 0.717) is 17.9 Å². The molecular weight excluding hydrogens is 300 g/mol. The third-order valence-corrected chi connectivity index (χ3v) is 5.19. The SMILES string of the molecule is CCC(CC)NC(=S)Nc1c(C(C)CC)cccc1C(C)CC. The van der Waals surface area contributed by atoms with Gasteiger partial charge in [0.05, 0.1) is 0 Å². The molecule has 0 fully saturated rings. The molecule has 0 aliphatic rings. The number of anilines is 1. The predicted molar refractivity (Wildman–Crippen MR) is 108 cm³/mol. The summed E-state index contributed by atoms with van der Waals surface area (Å²) < 4.78 is 0. The molecule has 23 heavy (non-hydrogen) atoms. The number of benzene rings is 1. The van der Waals surface area contributed by atoms with Crippen LogP contribution in [0.1, 0.15) is 90.2 Å². The first kappa shape index (κ1) is 20.0. The molecule has 1 aromatic rings. The molecule has 0 saturated carbocycles. The summed E-state index contributed by atoms with van der Waals surface area (Å²) in [6.45, 7) is 13.5. The summed E-state index contributed by atoms with van der Waals surface area (Å²) in [4.78, 5) is 0. The number of nitrogens with one attached hydrogen (secondary N) is 2. The van der Waals surface area contributed by atoms with Crippen molar-refractivity contribution in [3.05, 3.63) is 29.3 Å². The van der Waals surface area contributed by atoms with E-state index >= 15 is 0 Å². The fourth-order valence-electron chi connectivity index (χ4n) is 2.82. The third kappa shape index (κ3) is 5.49. The highest BCUT2D eigenvalue weighted by Crippen LogP contribution is 2.34. The van der Waals surface area contributed by atoms with Crippen molar-refractivity contribution in [2.24, 2.45) is 0 Å². The minimum Gasteiger partial charge on any atom is -0.360 e. The average Bonchev–Trinajstić information content (AvgIpc) is 2.58. The minimum absolute atomic E-state index is 0.442. The van der Waals surface area contributed by atoms with Crippen molar-refractivity contribution in [2.75, 3.05) is 5.32 Å². The maximum atomic E-state index is 5.59. The van der Waals surface area contributed by atoms with Crippen LogP contribution in [0.5, 0.6) is 0 Å². The van der Waals surface area contributed by atoms with Crippen LogP contribution in [0.15, 0.2) is 18.2 Å². The van der Waals surface area contributed by atoms with Crippen molar-refractivity contribution in [3.63, 3.8) is 0 Å². The van der Waals surface area contributed by atoms with E-state index in [1.54, 1.807) is 0 Å². The second kappa shape index (κ2) is 9.92. The van der Waals surface area contributed by atoms with Crippen LogP contribution in [0.25, 0.3) is 0 Å². The Hall–Kier alpha value is -1.09. The lowest BCUT2D eigenvalue weighted by Gasteiger charge is -2.25. The largest absolute Gasteiger partial charge is 0.360 e. The molecule has 0 radical (unpaired) electrons. The quantitative estimate of drug-likeness (QED) is 0.554. The summed E-state index contributed by atoms with van der Waals surface area (Å²) in [6.07, 6.45) is 4.43. The fraction of sp³-hybridized carbons (Fsp3) is 0.650. The molecule has 0 heterocycles. The third-order valence-electron chi connectivity index (χ3n) is 4.97. The Morgan fingerprint density at radius 1 is 0.913 bits per heavy atom. The standard InChI is InChI=1S/C20H34N2S/c1-7-14(5)17-12-11-13-18(15(6)8-2)19(17)22-20(23)21-16(9-3)10-4/h11-16H,7-10H2,1-6H3,(H2,21,22,23). The summed E-state index contributed by atoms with van der Waals surface area (Å²) in [7, 11) is 0. The van der Waals surface area contributed by atoms with Gasteiger partial charge in [-0.3, -0.25) is 0 Å². The van der Waals surface area contributed by atoms with Gasteiger partial charge in [-0.15, -0.1) is 0 Å². The highest BCUT2D eigenvalue weighted by Gasteiger charge is 2.17. The van der Waals surface area contributed by atoms with Gasteiger partial charge >= 0.3 is 0 Å². The summed E-state index contributed by atoms with van der Waals surface area (Å²) in [5, 5.41) is 7.73. The summed E-state index contributed by atoms with van der Waals surface area (Å²) >= 11 is 5.59. The van der Waals surface area contributed by atoms with E-state index in [-0.39, 0.29) is 0 Å². The summed E-state index contributed by atoms with van der Waals surface area (Å²) in [5.74, 6) is 1.05. The van der Waals surface area contributed by atoms with Crippen LogP contribution >= 0.6 is 12.2 Å². The fourth-order valence-corrected chi connectivity index (χ4v) is 3.09.